The van der Waals surface area contributed by atoms with Crippen LogP contribution in [0.25, 0.3) is 5.65 Å². The van der Waals surface area contributed by atoms with Gasteiger partial charge in [-0.05, 0) is 37.8 Å². The molecule has 4 rings (SSSR count). The van der Waals surface area contributed by atoms with Crippen LogP contribution in [-0.4, -0.2) is 44.5 Å². The van der Waals surface area contributed by atoms with Crippen LogP contribution in [0.5, 0.6) is 0 Å². The second kappa shape index (κ2) is 8.83. The molecule has 10 heteroatoms. The number of unbranched alkanes of at least 4 members (excludes halogenated alkanes) is 1. The Hall–Kier alpha value is -2.94. The van der Waals surface area contributed by atoms with Crippen LogP contribution in [0.4, 0.5) is 10.2 Å². The highest BCUT2D eigenvalue weighted by atomic mass is 35.5. The Labute approximate surface area is 177 Å². The van der Waals surface area contributed by atoms with Crippen molar-refractivity contribution in [3.8, 4) is 0 Å². The summed E-state index contributed by atoms with van der Waals surface area (Å²) in [7, 11) is 0. The lowest BCUT2D eigenvalue weighted by Gasteiger charge is -2.25. The van der Waals surface area contributed by atoms with Crippen LogP contribution in [0.3, 0.4) is 0 Å². The van der Waals surface area contributed by atoms with Gasteiger partial charge in [0.05, 0.1) is 12.2 Å². The number of pyridine rings is 1. The van der Waals surface area contributed by atoms with E-state index in [0.717, 1.165) is 25.5 Å². The largest absolute Gasteiger partial charge is 0.352 e. The van der Waals surface area contributed by atoms with E-state index in [1.807, 2.05) is 4.90 Å². The minimum absolute atomic E-state index is 0.247. The number of rotatable bonds is 7. The van der Waals surface area contributed by atoms with Crippen LogP contribution in [0, 0.1) is 5.82 Å². The number of fused-ring (bicyclic) bond motifs is 1. The van der Waals surface area contributed by atoms with Gasteiger partial charge >= 0.3 is 0 Å². The maximum atomic E-state index is 13.7. The van der Waals surface area contributed by atoms with E-state index in [1.54, 1.807) is 12.3 Å². The van der Waals surface area contributed by atoms with Crippen molar-refractivity contribution < 1.29 is 9.18 Å². The molecule has 1 fully saturated rings. The molecule has 0 radical (unpaired) electrons. The molecule has 0 saturated carbocycles. The Morgan fingerprint density at radius 3 is 3.10 bits per heavy atom. The van der Waals surface area contributed by atoms with E-state index in [1.165, 1.54) is 16.8 Å². The molecule has 0 aromatic carbocycles. The van der Waals surface area contributed by atoms with Crippen molar-refractivity contribution in [1.29, 1.82) is 0 Å². The van der Waals surface area contributed by atoms with Crippen LogP contribution < -0.4 is 15.8 Å². The Kier molecular flexibility index (Phi) is 5.98. The summed E-state index contributed by atoms with van der Waals surface area (Å²) >= 11 is 5.67. The highest BCUT2D eigenvalue weighted by Crippen LogP contribution is 2.34. The molecule has 1 amide bonds. The Morgan fingerprint density at radius 2 is 2.27 bits per heavy atom. The molecule has 158 valence electrons. The molecule has 1 aliphatic rings. The maximum Gasteiger partial charge on any atom is 0.256 e. The van der Waals surface area contributed by atoms with Crippen molar-refractivity contribution in [3.05, 3.63) is 58.0 Å². The molecule has 8 nitrogen and oxygen atoms in total. The summed E-state index contributed by atoms with van der Waals surface area (Å²) in [5.74, 6) is 0.445. The quantitative estimate of drug-likeness (QED) is 0.442. The molecule has 1 saturated heterocycles. The van der Waals surface area contributed by atoms with Gasteiger partial charge in [0.2, 0.25) is 0 Å². The number of anilines is 1. The zero-order valence-corrected chi connectivity index (χ0v) is 17.0. The van der Waals surface area contributed by atoms with Gasteiger partial charge in [-0.2, -0.15) is 5.10 Å². The maximum absolute atomic E-state index is 13.7. The standard InChI is InChI=1S/C20H22ClFN6O2/c21-6-1-2-7-23-20(30)15-12-25-28-9-5-17(26-18(15)28)27-8-3-4-16(27)14-10-13(22)11-24-19(14)29/h5,9-12,16H,1-4,6-8H2,(H,23,30)(H,24,29)/t16-/m1/s1. The number of halogens is 2. The van der Waals surface area contributed by atoms with Crippen molar-refractivity contribution in [3.63, 3.8) is 0 Å². The van der Waals surface area contributed by atoms with E-state index in [4.69, 9.17) is 11.6 Å². The van der Waals surface area contributed by atoms with E-state index in [0.29, 0.717) is 48.0 Å². The lowest BCUT2D eigenvalue weighted by atomic mass is 10.1. The Balaban J connectivity index is 1.62. The normalized spacial score (nSPS) is 16.3. The van der Waals surface area contributed by atoms with Gasteiger partial charge in [0.15, 0.2) is 5.65 Å². The van der Waals surface area contributed by atoms with E-state index in [9.17, 15) is 14.0 Å². The molecular weight excluding hydrogens is 411 g/mol. The van der Waals surface area contributed by atoms with Crippen molar-refractivity contribution in [2.75, 3.05) is 23.9 Å². The van der Waals surface area contributed by atoms with Crippen LogP contribution in [-0.2, 0) is 0 Å². The van der Waals surface area contributed by atoms with Crippen LogP contribution in [0.1, 0.15) is 47.6 Å². The first-order chi connectivity index (χ1) is 14.6. The summed E-state index contributed by atoms with van der Waals surface area (Å²) in [5.41, 5.74) is 0.874. The average molecular weight is 433 g/mol. The van der Waals surface area contributed by atoms with E-state index >= 15 is 0 Å². The number of carbonyl (C=O) groups is 1. The number of H-pyrrole nitrogens is 1. The number of hydrogen-bond acceptors (Lipinski definition) is 5. The van der Waals surface area contributed by atoms with Gasteiger partial charge in [-0.15, -0.1) is 11.6 Å². The smallest absolute Gasteiger partial charge is 0.256 e. The first-order valence-electron chi connectivity index (χ1n) is 9.92. The van der Waals surface area contributed by atoms with Crippen molar-refractivity contribution >= 4 is 29.0 Å². The van der Waals surface area contributed by atoms with E-state index in [-0.39, 0.29) is 17.5 Å². The summed E-state index contributed by atoms with van der Waals surface area (Å²) < 4.78 is 15.3. The third-order valence-corrected chi connectivity index (χ3v) is 5.52. The summed E-state index contributed by atoms with van der Waals surface area (Å²) in [6.45, 7) is 1.21. The molecule has 3 aromatic heterocycles. The average Bonchev–Trinajstić information content (AvgIpc) is 3.39. The first kappa shape index (κ1) is 20.3. The summed E-state index contributed by atoms with van der Waals surface area (Å²) in [5, 5.41) is 7.06. The van der Waals surface area contributed by atoms with Gasteiger partial charge < -0.3 is 15.2 Å². The monoisotopic (exact) mass is 432 g/mol. The van der Waals surface area contributed by atoms with Crippen LogP contribution >= 0.6 is 11.6 Å². The highest BCUT2D eigenvalue weighted by Gasteiger charge is 2.30. The van der Waals surface area contributed by atoms with Gasteiger partial charge in [0.25, 0.3) is 11.5 Å². The molecule has 1 aliphatic heterocycles. The van der Waals surface area contributed by atoms with E-state index in [2.05, 4.69) is 20.4 Å². The summed E-state index contributed by atoms with van der Waals surface area (Å²) in [6.07, 6.45) is 7.46. The molecule has 1 atom stereocenters. The topological polar surface area (TPSA) is 95.4 Å². The fourth-order valence-electron chi connectivity index (χ4n) is 3.78. The number of aromatic nitrogens is 4. The molecule has 30 heavy (non-hydrogen) atoms. The van der Waals surface area contributed by atoms with Crippen molar-refractivity contribution in [2.24, 2.45) is 0 Å². The Morgan fingerprint density at radius 1 is 1.40 bits per heavy atom. The fraction of sp³-hybridized carbons (Fsp3) is 0.400. The van der Waals surface area contributed by atoms with Gasteiger partial charge in [-0.1, -0.05) is 0 Å². The molecule has 3 aromatic rings. The number of hydrogen-bond donors (Lipinski definition) is 2. The second-order valence-electron chi connectivity index (χ2n) is 7.22. The Bertz CT molecular complexity index is 1110. The number of alkyl halides is 1. The fourth-order valence-corrected chi connectivity index (χ4v) is 3.97. The third-order valence-electron chi connectivity index (χ3n) is 5.25. The first-order valence-corrected chi connectivity index (χ1v) is 10.5. The lowest BCUT2D eigenvalue weighted by molar-refractivity contribution is 0.0954. The van der Waals surface area contributed by atoms with E-state index < -0.39 is 5.82 Å². The van der Waals surface area contributed by atoms with Crippen LogP contribution in [0.2, 0.25) is 0 Å². The molecular formula is C20H22ClFN6O2. The molecule has 2 N–H and O–H groups in total. The molecule has 4 heterocycles. The van der Waals surface area contributed by atoms with Crippen molar-refractivity contribution in [2.45, 2.75) is 31.7 Å². The number of carbonyl (C=O) groups excluding carboxylic acids is 1. The summed E-state index contributed by atoms with van der Waals surface area (Å²) in [4.78, 5) is 33.9. The number of aromatic amines is 1. The SMILES string of the molecule is O=C(NCCCCCl)c1cnn2ccc(N3CCC[C@@H]3c3cc(F)c[nH]c3=O)nc12. The number of nitrogens with one attached hydrogen (secondary N) is 2. The highest BCUT2D eigenvalue weighted by molar-refractivity contribution is 6.17. The zero-order chi connectivity index (χ0) is 21.1. The van der Waals surface area contributed by atoms with Gasteiger partial charge in [-0.3, -0.25) is 9.59 Å². The molecule has 0 bridgehead atoms. The molecule has 0 unspecified atom stereocenters. The van der Waals surface area contributed by atoms with Gasteiger partial charge in [-0.25, -0.2) is 13.9 Å². The van der Waals surface area contributed by atoms with Crippen LogP contribution in [0.15, 0.2) is 35.5 Å². The number of amides is 1. The second-order valence-corrected chi connectivity index (χ2v) is 7.60. The predicted octanol–water partition coefficient (Wildman–Crippen LogP) is 2.65. The summed E-state index contributed by atoms with van der Waals surface area (Å²) in [6, 6.07) is 2.78. The van der Waals surface area contributed by atoms with Gasteiger partial charge in [0, 0.05) is 36.9 Å². The van der Waals surface area contributed by atoms with Crippen molar-refractivity contribution in [1.82, 2.24) is 24.9 Å². The zero-order valence-electron chi connectivity index (χ0n) is 16.3. The molecule has 0 aliphatic carbocycles. The predicted molar refractivity (Wildman–Crippen MR) is 112 cm³/mol. The third kappa shape index (κ3) is 4.02. The lowest BCUT2D eigenvalue weighted by Crippen LogP contribution is -2.29. The number of nitrogens with zero attached hydrogens (tertiary/aromatic N) is 4. The molecule has 0 spiro atoms. The van der Waals surface area contributed by atoms with Gasteiger partial charge in [0.1, 0.15) is 17.2 Å². The minimum Gasteiger partial charge on any atom is -0.352 e. The minimum atomic E-state index is -0.483.